The molecular formula is C14H22N2O2. The van der Waals surface area contributed by atoms with Crippen LogP contribution in [0.2, 0.25) is 0 Å². The van der Waals surface area contributed by atoms with Crippen LogP contribution < -0.4 is 15.4 Å². The lowest BCUT2D eigenvalue weighted by Gasteiger charge is -2.23. The van der Waals surface area contributed by atoms with Gasteiger partial charge in [-0.2, -0.15) is 0 Å². The Morgan fingerprint density at radius 2 is 2.28 bits per heavy atom. The molecular weight excluding hydrogens is 228 g/mol. The average molecular weight is 250 g/mol. The Kier molecular flexibility index (Phi) is 4.31. The topological polar surface area (TPSA) is 47.7 Å². The lowest BCUT2D eigenvalue weighted by atomic mass is 10.2. The highest BCUT2D eigenvalue weighted by molar-refractivity contribution is 5.60. The van der Waals surface area contributed by atoms with Crippen molar-refractivity contribution in [1.82, 2.24) is 0 Å². The Morgan fingerprint density at radius 1 is 1.44 bits per heavy atom. The molecule has 0 aromatic heterocycles. The zero-order valence-electron chi connectivity index (χ0n) is 11.2. The SMILES string of the molecule is CCOc1cc(N)cc(N(C)CC2CCCO2)c1. The van der Waals surface area contributed by atoms with Crippen molar-refractivity contribution in [3.8, 4) is 5.75 Å². The molecule has 1 aliphatic heterocycles. The zero-order valence-corrected chi connectivity index (χ0v) is 11.2. The van der Waals surface area contributed by atoms with Gasteiger partial charge >= 0.3 is 0 Å². The van der Waals surface area contributed by atoms with Crippen LogP contribution in [0.5, 0.6) is 5.75 Å². The van der Waals surface area contributed by atoms with Gasteiger partial charge in [-0.1, -0.05) is 0 Å². The number of anilines is 2. The molecule has 0 saturated carbocycles. The van der Waals surface area contributed by atoms with Crippen LogP contribution in [0.4, 0.5) is 11.4 Å². The van der Waals surface area contributed by atoms with E-state index in [9.17, 15) is 0 Å². The van der Waals surface area contributed by atoms with E-state index in [4.69, 9.17) is 15.2 Å². The summed E-state index contributed by atoms with van der Waals surface area (Å²) in [6, 6.07) is 5.85. The average Bonchev–Trinajstić information content (AvgIpc) is 2.81. The summed E-state index contributed by atoms with van der Waals surface area (Å²) in [5.41, 5.74) is 7.71. The second kappa shape index (κ2) is 5.96. The fraction of sp³-hybridized carbons (Fsp3) is 0.571. The molecule has 1 unspecified atom stereocenters. The molecule has 4 heteroatoms. The van der Waals surface area contributed by atoms with Crippen LogP contribution in [-0.2, 0) is 4.74 Å². The minimum Gasteiger partial charge on any atom is -0.494 e. The third kappa shape index (κ3) is 3.29. The zero-order chi connectivity index (χ0) is 13.0. The van der Waals surface area contributed by atoms with Gasteiger partial charge in [0.1, 0.15) is 5.75 Å². The number of nitrogen functional groups attached to an aromatic ring is 1. The van der Waals surface area contributed by atoms with Gasteiger partial charge in [0.15, 0.2) is 0 Å². The van der Waals surface area contributed by atoms with Crippen molar-refractivity contribution in [3.63, 3.8) is 0 Å². The van der Waals surface area contributed by atoms with E-state index < -0.39 is 0 Å². The molecule has 1 aromatic carbocycles. The van der Waals surface area contributed by atoms with Crippen LogP contribution in [-0.4, -0.2) is 32.9 Å². The summed E-state index contributed by atoms with van der Waals surface area (Å²) in [6.45, 7) is 4.41. The number of nitrogens with two attached hydrogens (primary N) is 1. The molecule has 0 radical (unpaired) electrons. The first kappa shape index (κ1) is 13.0. The van der Waals surface area contributed by atoms with Crippen LogP contribution in [0, 0.1) is 0 Å². The first-order chi connectivity index (χ1) is 8.69. The highest BCUT2D eigenvalue weighted by atomic mass is 16.5. The van der Waals surface area contributed by atoms with Gasteiger partial charge in [0, 0.05) is 43.7 Å². The molecule has 0 aliphatic carbocycles. The van der Waals surface area contributed by atoms with Gasteiger partial charge in [-0.15, -0.1) is 0 Å². The number of rotatable bonds is 5. The highest BCUT2D eigenvalue weighted by Gasteiger charge is 2.18. The molecule has 1 saturated heterocycles. The van der Waals surface area contributed by atoms with Crippen LogP contribution >= 0.6 is 0 Å². The molecule has 1 aromatic rings. The number of likely N-dealkylation sites (N-methyl/N-ethyl adjacent to an activating group) is 1. The Bertz CT molecular complexity index is 389. The van der Waals surface area contributed by atoms with E-state index in [1.54, 1.807) is 0 Å². The second-order valence-corrected chi connectivity index (χ2v) is 4.71. The maximum Gasteiger partial charge on any atom is 0.123 e. The number of benzene rings is 1. The minimum absolute atomic E-state index is 0.340. The van der Waals surface area contributed by atoms with E-state index in [1.165, 1.54) is 6.42 Å². The van der Waals surface area contributed by atoms with Crippen molar-refractivity contribution in [1.29, 1.82) is 0 Å². The third-order valence-corrected chi connectivity index (χ3v) is 3.17. The number of hydrogen-bond acceptors (Lipinski definition) is 4. The van der Waals surface area contributed by atoms with Gasteiger partial charge in [0.2, 0.25) is 0 Å². The van der Waals surface area contributed by atoms with Gasteiger partial charge < -0.3 is 20.1 Å². The fourth-order valence-electron chi connectivity index (χ4n) is 2.28. The van der Waals surface area contributed by atoms with Crippen LogP contribution in [0.1, 0.15) is 19.8 Å². The Morgan fingerprint density at radius 3 is 2.94 bits per heavy atom. The molecule has 4 nitrogen and oxygen atoms in total. The summed E-state index contributed by atoms with van der Waals surface area (Å²) < 4.78 is 11.2. The van der Waals surface area contributed by atoms with Crippen molar-refractivity contribution in [2.75, 3.05) is 37.4 Å². The Labute approximate surface area is 109 Å². The number of ether oxygens (including phenoxy) is 2. The van der Waals surface area contributed by atoms with Crippen molar-refractivity contribution in [3.05, 3.63) is 18.2 Å². The highest BCUT2D eigenvalue weighted by Crippen LogP contribution is 2.26. The maximum absolute atomic E-state index is 5.90. The monoisotopic (exact) mass is 250 g/mol. The standard InChI is InChI=1S/C14H22N2O2/c1-3-17-14-8-11(15)7-12(9-14)16(2)10-13-5-4-6-18-13/h7-9,13H,3-6,10,15H2,1-2H3. The van der Waals surface area contributed by atoms with E-state index in [0.29, 0.717) is 12.7 Å². The van der Waals surface area contributed by atoms with Gasteiger partial charge in [0.25, 0.3) is 0 Å². The summed E-state index contributed by atoms with van der Waals surface area (Å²) in [6.07, 6.45) is 2.65. The molecule has 0 bridgehead atoms. The van der Waals surface area contributed by atoms with Crippen molar-refractivity contribution in [2.24, 2.45) is 0 Å². The molecule has 1 aliphatic rings. The van der Waals surface area contributed by atoms with Crippen LogP contribution in [0.25, 0.3) is 0 Å². The van der Waals surface area contributed by atoms with Gasteiger partial charge in [0.05, 0.1) is 12.7 Å². The van der Waals surface area contributed by atoms with Gasteiger partial charge in [-0.05, 0) is 25.8 Å². The van der Waals surface area contributed by atoms with Crippen molar-refractivity contribution in [2.45, 2.75) is 25.9 Å². The normalized spacial score (nSPS) is 18.9. The molecule has 0 spiro atoms. The van der Waals surface area contributed by atoms with Crippen molar-refractivity contribution >= 4 is 11.4 Å². The first-order valence-electron chi connectivity index (χ1n) is 6.55. The largest absolute Gasteiger partial charge is 0.494 e. The Balaban J connectivity index is 2.05. The smallest absolute Gasteiger partial charge is 0.123 e. The molecule has 1 heterocycles. The predicted octanol–water partition coefficient (Wildman–Crippen LogP) is 2.28. The van der Waals surface area contributed by atoms with E-state index in [0.717, 1.165) is 36.7 Å². The van der Waals surface area contributed by atoms with Gasteiger partial charge in [-0.3, -0.25) is 0 Å². The fourth-order valence-corrected chi connectivity index (χ4v) is 2.28. The van der Waals surface area contributed by atoms with E-state index in [-0.39, 0.29) is 0 Å². The van der Waals surface area contributed by atoms with Crippen LogP contribution in [0.15, 0.2) is 18.2 Å². The summed E-state index contributed by atoms with van der Waals surface area (Å²) >= 11 is 0. The van der Waals surface area contributed by atoms with E-state index in [2.05, 4.69) is 11.9 Å². The molecule has 2 rings (SSSR count). The first-order valence-corrected chi connectivity index (χ1v) is 6.55. The van der Waals surface area contributed by atoms with Crippen LogP contribution in [0.3, 0.4) is 0 Å². The number of hydrogen-bond donors (Lipinski definition) is 1. The predicted molar refractivity (Wildman–Crippen MR) is 74.3 cm³/mol. The quantitative estimate of drug-likeness (QED) is 0.814. The second-order valence-electron chi connectivity index (χ2n) is 4.71. The van der Waals surface area contributed by atoms with E-state index in [1.807, 2.05) is 25.1 Å². The minimum atomic E-state index is 0.340. The summed E-state index contributed by atoms with van der Waals surface area (Å²) in [7, 11) is 2.06. The third-order valence-electron chi connectivity index (χ3n) is 3.17. The summed E-state index contributed by atoms with van der Waals surface area (Å²) in [5.74, 6) is 0.826. The molecule has 1 fully saturated rings. The molecule has 100 valence electrons. The van der Waals surface area contributed by atoms with Gasteiger partial charge in [-0.25, -0.2) is 0 Å². The molecule has 18 heavy (non-hydrogen) atoms. The van der Waals surface area contributed by atoms with E-state index >= 15 is 0 Å². The summed E-state index contributed by atoms with van der Waals surface area (Å²) in [5, 5.41) is 0. The van der Waals surface area contributed by atoms with Crippen molar-refractivity contribution < 1.29 is 9.47 Å². The summed E-state index contributed by atoms with van der Waals surface area (Å²) in [4.78, 5) is 2.18. The molecule has 2 N–H and O–H groups in total. The Hall–Kier alpha value is -1.42. The lowest BCUT2D eigenvalue weighted by molar-refractivity contribution is 0.116. The molecule has 0 amide bonds. The lowest BCUT2D eigenvalue weighted by Crippen LogP contribution is -2.28. The molecule has 1 atom stereocenters. The number of nitrogens with zero attached hydrogens (tertiary/aromatic N) is 1. The maximum atomic E-state index is 5.90.